The van der Waals surface area contributed by atoms with Gasteiger partial charge in [-0.25, -0.2) is 4.79 Å². The van der Waals surface area contributed by atoms with Gasteiger partial charge in [0.2, 0.25) is 0 Å². The minimum absolute atomic E-state index is 0.101. The van der Waals surface area contributed by atoms with Crippen molar-refractivity contribution in [3.63, 3.8) is 0 Å². The topological polar surface area (TPSA) is 35.5 Å². The van der Waals surface area contributed by atoms with Crippen molar-refractivity contribution in [1.82, 2.24) is 0 Å². The number of carbonyl (C=O) groups excluding carboxylic acids is 1. The molecule has 2 aromatic rings. The van der Waals surface area contributed by atoms with Crippen LogP contribution in [-0.2, 0) is 10.2 Å². The Hall–Kier alpha value is -2.29. The average molecular weight is 326 g/mol. The van der Waals surface area contributed by atoms with Gasteiger partial charge >= 0.3 is 5.97 Å². The Morgan fingerprint density at radius 2 is 1.50 bits per heavy atom. The van der Waals surface area contributed by atoms with Gasteiger partial charge in [0.05, 0.1) is 0 Å². The minimum atomic E-state index is -0.399. The highest BCUT2D eigenvalue weighted by molar-refractivity contribution is 5.74. The van der Waals surface area contributed by atoms with E-state index in [4.69, 9.17) is 9.47 Å². The smallest absolute Gasteiger partial charge is 0.349 e. The van der Waals surface area contributed by atoms with E-state index in [2.05, 4.69) is 26.8 Å². The Bertz CT molecular complexity index is 739. The second-order valence-corrected chi connectivity index (χ2v) is 7.28. The van der Waals surface area contributed by atoms with Crippen LogP contribution in [-0.4, -0.2) is 12.6 Å². The summed E-state index contributed by atoms with van der Waals surface area (Å²) in [6.07, 6.45) is 0. The number of benzene rings is 2. The number of aryl methyl sites for hydroxylation is 3. The first-order valence-electron chi connectivity index (χ1n) is 8.18. The molecular formula is C21H26O3. The summed E-state index contributed by atoms with van der Waals surface area (Å²) in [4.78, 5) is 12.2. The zero-order valence-corrected chi connectivity index (χ0v) is 15.4. The maximum atomic E-state index is 12.2. The van der Waals surface area contributed by atoms with Gasteiger partial charge in [-0.1, -0.05) is 56.2 Å². The van der Waals surface area contributed by atoms with Crippen molar-refractivity contribution in [1.29, 1.82) is 0 Å². The third kappa shape index (κ3) is 4.60. The molecule has 3 nitrogen and oxygen atoms in total. The van der Waals surface area contributed by atoms with E-state index in [0.29, 0.717) is 11.5 Å². The van der Waals surface area contributed by atoms with Crippen molar-refractivity contribution in [2.75, 3.05) is 6.61 Å². The van der Waals surface area contributed by atoms with Crippen LogP contribution < -0.4 is 9.47 Å². The van der Waals surface area contributed by atoms with E-state index in [1.807, 2.05) is 51.1 Å². The van der Waals surface area contributed by atoms with Crippen LogP contribution >= 0.6 is 0 Å². The van der Waals surface area contributed by atoms with Gasteiger partial charge in [-0.15, -0.1) is 0 Å². The molecule has 0 saturated heterocycles. The molecule has 0 spiro atoms. The monoisotopic (exact) mass is 326 g/mol. The minimum Gasteiger partial charge on any atom is -0.482 e. The standard InChI is InChI=1S/C21H26O3/c1-14-7-9-18(16(3)11-14)23-13-20(22)24-19-10-8-15(2)12-17(19)21(4,5)6/h7-12H,13H2,1-6H3. The number of esters is 1. The van der Waals surface area contributed by atoms with Crippen LogP contribution in [0, 0.1) is 20.8 Å². The van der Waals surface area contributed by atoms with E-state index in [1.165, 1.54) is 0 Å². The molecule has 0 bridgehead atoms. The fourth-order valence-corrected chi connectivity index (χ4v) is 2.57. The van der Waals surface area contributed by atoms with Gasteiger partial charge in [0.1, 0.15) is 11.5 Å². The first-order chi connectivity index (χ1) is 11.2. The Kier molecular flexibility index (Phi) is 5.33. The predicted molar refractivity (Wildman–Crippen MR) is 96.9 cm³/mol. The van der Waals surface area contributed by atoms with Gasteiger partial charge in [-0.2, -0.15) is 0 Å². The molecule has 0 aliphatic carbocycles. The van der Waals surface area contributed by atoms with Gasteiger partial charge in [0.25, 0.3) is 0 Å². The Balaban J connectivity index is 2.08. The molecule has 128 valence electrons. The van der Waals surface area contributed by atoms with Crippen LogP contribution in [0.25, 0.3) is 0 Å². The quantitative estimate of drug-likeness (QED) is 0.592. The molecule has 0 heterocycles. The van der Waals surface area contributed by atoms with E-state index < -0.39 is 5.97 Å². The lowest BCUT2D eigenvalue weighted by Crippen LogP contribution is -2.21. The summed E-state index contributed by atoms with van der Waals surface area (Å²) < 4.78 is 11.1. The zero-order valence-electron chi connectivity index (χ0n) is 15.4. The number of hydrogen-bond donors (Lipinski definition) is 0. The highest BCUT2D eigenvalue weighted by Crippen LogP contribution is 2.32. The van der Waals surface area contributed by atoms with Crippen molar-refractivity contribution in [3.05, 3.63) is 58.7 Å². The normalized spacial score (nSPS) is 11.2. The average Bonchev–Trinajstić information content (AvgIpc) is 2.47. The van der Waals surface area contributed by atoms with Crippen molar-refractivity contribution >= 4 is 5.97 Å². The molecule has 0 saturated carbocycles. The number of ether oxygens (including phenoxy) is 2. The highest BCUT2D eigenvalue weighted by atomic mass is 16.6. The van der Waals surface area contributed by atoms with Crippen molar-refractivity contribution in [3.8, 4) is 11.5 Å². The SMILES string of the molecule is Cc1ccc(OCC(=O)Oc2ccc(C)cc2C(C)(C)C)c(C)c1. The Morgan fingerprint density at radius 1 is 0.917 bits per heavy atom. The summed E-state index contributed by atoms with van der Waals surface area (Å²) >= 11 is 0. The van der Waals surface area contributed by atoms with Crippen molar-refractivity contribution in [2.24, 2.45) is 0 Å². The molecule has 0 aliphatic heterocycles. The molecule has 0 atom stereocenters. The summed E-state index contributed by atoms with van der Waals surface area (Å²) in [5, 5.41) is 0. The molecule has 2 rings (SSSR count). The molecular weight excluding hydrogens is 300 g/mol. The van der Waals surface area contributed by atoms with E-state index in [9.17, 15) is 4.79 Å². The molecule has 0 aromatic heterocycles. The first-order valence-corrected chi connectivity index (χ1v) is 8.18. The van der Waals surface area contributed by atoms with Gasteiger partial charge in [-0.05, 0) is 43.9 Å². The van der Waals surface area contributed by atoms with E-state index in [1.54, 1.807) is 0 Å². The van der Waals surface area contributed by atoms with Gasteiger partial charge in [-0.3, -0.25) is 0 Å². The lowest BCUT2D eigenvalue weighted by molar-refractivity contribution is -0.136. The molecule has 0 unspecified atom stereocenters. The molecule has 0 fully saturated rings. The Labute approximate surface area is 144 Å². The second kappa shape index (κ2) is 7.08. The maximum Gasteiger partial charge on any atom is 0.349 e. The van der Waals surface area contributed by atoms with Gasteiger partial charge in [0.15, 0.2) is 6.61 Å². The molecule has 24 heavy (non-hydrogen) atoms. The van der Waals surface area contributed by atoms with Crippen LogP contribution in [0.3, 0.4) is 0 Å². The van der Waals surface area contributed by atoms with Crippen LogP contribution in [0.15, 0.2) is 36.4 Å². The summed E-state index contributed by atoms with van der Waals surface area (Å²) in [5.41, 5.74) is 4.23. The third-order valence-corrected chi connectivity index (χ3v) is 3.84. The van der Waals surface area contributed by atoms with E-state index >= 15 is 0 Å². The maximum absolute atomic E-state index is 12.2. The van der Waals surface area contributed by atoms with E-state index in [0.717, 1.165) is 22.3 Å². The molecule has 3 heteroatoms. The third-order valence-electron chi connectivity index (χ3n) is 3.84. The van der Waals surface area contributed by atoms with Crippen LogP contribution in [0.2, 0.25) is 0 Å². The van der Waals surface area contributed by atoms with E-state index in [-0.39, 0.29) is 12.0 Å². The van der Waals surface area contributed by atoms with Crippen LogP contribution in [0.1, 0.15) is 43.0 Å². The number of hydrogen-bond acceptors (Lipinski definition) is 3. The summed E-state index contributed by atoms with van der Waals surface area (Å²) in [6, 6.07) is 11.7. The molecule has 0 radical (unpaired) electrons. The Morgan fingerprint density at radius 3 is 2.08 bits per heavy atom. The second-order valence-electron chi connectivity index (χ2n) is 7.28. The van der Waals surface area contributed by atoms with Crippen LogP contribution in [0.4, 0.5) is 0 Å². The lowest BCUT2D eigenvalue weighted by atomic mass is 9.85. The number of carbonyl (C=O) groups is 1. The summed E-state index contributed by atoms with van der Waals surface area (Å²) in [6.45, 7) is 12.2. The fourth-order valence-electron chi connectivity index (χ4n) is 2.57. The summed E-state index contributed by atoms with van der Waals surface area (Å²) in [7, 11) is 0. The largest absolute Gasteiger partial charge is 0.482 e. The lowest BCUT2D eigenvalue weighted by Gasteiger charge is -2.22. The predicted octanol–water partition coefficient (Wildman–Crippen LogP) is 4.89. The van der Waals surface area contributed by atoms with Crippen molar-refractivity contribution < 1.29 is 14.3 Å². The van der Waals surface area contributed by atoms with Gasteiger partial charge < -0.3 is 9.47 Å². The molecule has 0 N–H and O–H groups in total. The molecule has 0 aliphatic rings. The van der Waals surface area contributed by atoms with Crippen LogP contribution in [0.5, 0.6) is 11.5 Å². The highest BCUT2D eigenvalue weighted by Gasteiger charge is 2.21. The fraction of sp³-hybridized carbons (Fsp3) is 0.381. The van der Waals surface area contributed by atoms with Gasteiger partial charge in [0, 0.05) is 5.56 Å². The van der Waals surface area contributed by atoms with Crippen molar-refractivity contribution in [2.45, 2.75) is 47.0 Å². The zero-order chi connectivity index (χ0) is 17.9. The molecule has 0 amide bonds. The number of rotatable bonds is 4. The summed E-state index contributed by atoms with van der Waals surface area (Å²) in [5.74, 6) is 0.907. The molecule has 2 aromatic carbocycles. The first kappa shape index (κ1) is 18.1.